The van der Waals surface area contributed by atoms with Gasteiger partial charge in [-0.25, -0.2) is 0 Å². The number of piperidine rings is 1. The van der Waals surface area contributed by atoms with Gasteiger partial charge in [-0.2, -0.15) is 0 Å². The minimum absolute atomic E-state index is 0.0979. The minimum Gasteiger partial charge on any atom is -0.490 e. The summed E-state index contributed by atoms with van der Waals surface area (Å²) < 4.78 is 6.19. The molecule has 20 heavy (non-hydrogen) atoms. The highest BCUT2D eigenvalue weighted by Gasteiger charge is 2.19. The van der Waals surface area contributed by atoms with Gasteiger partial charge in [0.15, 0.2) is 0 Å². The molecule has 1 aromatic rings. The molecule has 0 aromatic carbocycles. The molecule has 0 bridgehead atoms. The molecule has 0 radical (unpaired) electrons. The van der Waals surface area contributed by atoms with Gasteiger partial charge < -0.3 is 15.0 Å². The van der Waals surface area contributed by atoms with E-state index >= 15 is 0 Å². The molecule has 2 heterocycles. The third kappa shape index (κ3) is 4.76. The fourth-order valence-corrected chi connectivity index (χ4v) is 2.30. The third-order valence-electron chi connectivity index (χ3n) is 3.63. The molecule has 4 nitrogen and oxygen atoms in total. The summed E-state index contributed by atoms with van der Waals surface area (Å²) in [5.74, 6) is 0.978. The van der Waals surface area contributed by atoms with E-state index < -0.39 is 0 Å². The van der Waals surface area contributed by atoms with Crippen LogP contribution in [0.15, 0.2) is 18.5 Å². The number of likely N-dealkylation sites (tertiary alicyclic amines) is 1. The van der Waals surface area contributed by atoms with Gasteiger partial charge in [-0.05, 0) is 46.7 Å². The van der Waals surface area contributed by atoms with E-state index in [2.05, 4.69) is 43.0 Å². The number of rotatable bonds is 4. The van der Waals surface area contributed by atoms with Gasteiger partial charge in [-0.15, -0.1) is 0 Å². The van der Waals surface area contributed by atoms with Crippen molar-refractivity contribution in [3.63, 3.8) is 0 Å². The minimum atomic E-state index is 0.0979. The summed E-state index contributed by atoms with van der Waals surface area (Å²) in [6, 6.07) is 1.98. The van der Waals surface area contributed by atoms with Crippen molar-refractivity contribution in [3.8, 4) is 5.75 Å². The Bertz CT molecular complexity index is 420. The highest BCUT2D eigenvalue weighted by molar-refractivity contribution is 5.30. The maximum atomic E-state index is 6.19. The van der Waals surface area contributed by atoms with Crippen LogP contribution >= 0.6 is 0 Å². The van der Waals surface area contributed by atoms with E-state index in [1.165, 1.54) is 0 Å². The summed E-state index contributed by atoms with van der Waals surface area (Å²) in [6.07, 6.45) is 6.26. The van der Waals surface area contributed by atoms with Crippen LogP contribution in [0.25, 0.3) is 0 Å². The first-order valence-corrected chi connectivity index (χ1v) is 7.47. The van der Waals surface area contributed by atoms with Crippen molar-refractivity contribution in [2.24, 2.45) is 0 Å². The van der Waals surface area contributed by atoms with Gasteiger partial charge in [0.05, 0.1) is 0 Å². The fraction of sp³-hybridized carbons (Fsp3) is 0.688. The molecule has 1 N–H and O–H groups in total. The predicted octanol–water partition coefficient (Wildman–Crippen LogP) is 2.44. The van der Waals surface area contributed by atoms with Gasteiger partial charge in [0.1, 0.15) is 11.9 Å². The molecular weight excluding hydrogens is 250 g/mol. The van der Waals surface area contributed by atoms with Crippen LogP contribution < -0.4 is 10.1 Å². The fourth-order valence-electron chi connectivity index (χ4n) is 2.30. The zero-order valence-corrected chi connectivity index (χ0v) is 13.1. The molecule has 0 atom stereocenters. The van der Waals surface area contributed by atoms with Crippen molar-refractivity contribution in [1.29, 1.82) is 0 Å². The maximum Gasteiger partial charge on any atom is 0.127 e. The highest BCUT2D eigenvalue weighted by atomic mass is 16.5. The van der Waals surface area contributed by atoms with Crippen LogP contribution in [0.3, 0.4) is 0 Å². The zero-order chi connectivity index (χ0) is 14.6. The highest BCUT2D eigenvalue weighted by Crippen LogP contribution is 2.22. The predicted molar refractivity (Wildman–Crippen MR) is 82.0 cm³/mol. The van der Waals surface area contributed by atoms with Crippen molar-refractivity contribution in [3.05, 3.63) is 24.0 Å². The largest absolute Gasteiger partial charge is 0.490 e. The molecule has 1 aromatic heterocycles. The Balaban J connectivity index is 1.97. The SMILES string of the molecule is CN1CCC(Oc2ccncc2CNC(C)(C)C)CC1. The normalized spacial score (nSPS) is 18.2. The van der Waals surface area contributed by atoms with Gasteiger partial charge in [0, 0.05) is 43.1 Å². The second-order valence-corrected chi connectivity index (χ2v) is 6.71. The Labute approximate surface area is 122 Å². The van der Waals surface area contributed by atoms with Crippen molar-refractivity contribution in [2.75, 3.05) is 20.1 Å². The molecule has 1 aliphatic rings. The number of aromatic nitrogens is 1. The summed E-state index contributed by atoms with van der Waals surface area (Å²) in [6.45, 7) is 9.53. The summed E-state index contributed by atoms with van der Waals surface area (Å²) in [5.41, 5.74) is 1.24. The molecule has 1 saturated heterocycles. The molecule has 112 valence electrons. The Kier molecular flexibility index (Phi) is 5.00. The first-order valence-electron chi connectivity index (χ1n) is 7.47. The van der Waals surface area contributed by atoms with E-state index in [9.17, 15) is 0 Å². The number of hydrogen-bond donors (Lipinski definition) is 1. The standard InChI is InChI=1S/C16H27N3O/c1-16(2,3)18-12-13-11-17-8-5-15(13)20-14-6-9-19(4)10-7-14/h5,8,11,14,18H,6-7,9-10,12H2,1-4H3. The molecule has 0 spiro atoms. The summed E-state index contributed by atoms with van der Waals surface area (Å²) >= 11 is 0. The van der Waals surface area contributed by atoms with Crippen LogP contribution in [0.4, 0.5) is 0 Å². The lowest BCUT2D eigenvalue weighted by molar-refractivity contribution is 0.113. The number of nitrogens with zero attached hydrogens (tertiary/aromatic N) is 2. The smallest absolute Gasteiger partial charge is 0.127 e. The number of nitrogens with one attached hydrogen (secondary N) is 1. The summed E-state index contributed by atoms with van der Waals surface area (Å²) in [7, 11) is 2.17. The van der Waals surface area contributed by atoms with Crippen LogP contribution in [-0.2, 0) is 6.54 Å². The lowest BCUT2D eigenvalue weighted by Gasteiger charge is -2.30. The van der Waals surface area contributed by atoms with E-state index in [1.54, 1.807) is 0 Å². The average Bonchev–Trinajstić information content (AvgIpc) is 2.39. The molecule has 4 heteroatoms. The Morgan fingerprint density at radius 2 is 2.05 bits per heavy atom. The van der Waals surface area contributed by atoms with Gasteiger partial charge in [-0.1, -0.05) is 0 Å². The van der Waals surface area contributed by atoms with E-state index in [0.717, 1.165) is 43.8 Å². The Morgan fingerprint density at radius 1 is 1.35 bits per heavy atom. The van der Waals surface area contributed by atoms with Gasteiger partial charge in [0.2, 0.25) is 0 Å². The molecule has 0 saturated carbocycles. The molecule has 0 amide bonds. The van der Waals surface area contributed by atoms with Crippen molar-refractivity contribution >= 4 is 0 Å². The van der Waals surface area contributed by atoms with Crippen LogP contribution in [0.2, 0.25) is 0 Å². The lowest BCUT2D eigenvalue weighted by atomic mass is 10.1. The number of hydrogen-bond acceptors (Lipinski definition) is 4. The van der Waals surface area contributed by atoms with Crippen molar-refractivity contribution < 1.29 is 4.74 Å². The molecule has 1 fully saturated rings. The van der Waals surface area contributed by atoms with E-state index in [-0.39, 0.29) is 5.54 Å². The number of ether oxygens (including phenoxy) is 1. The van der Waals surface area contributed by atoms with E-state index in [0.29, 0.717) is 6.10 Å². The molecule has 2 rings (SSSR count). The summed E-state index contributed by atoms with van der Waals surface area (Å²) in [5, 5.41) is 3.49. The topological polar surface area (TPSA) is 37.4 Å². The average molecular weight is 277 g/mol. The van der Waals surface area contributed by atoms with Gasteiger partial charge >= 0.3 is 0 Å². The van der Waals surface area contributed by atoms with E-state index in [4.69, 9.17) is 4.74 Å². The Morgan fingerprint density at radius 3 is 2.70 bits per heavy atom. The first-order chi connectivity index (χ1) is 9.44. The van der Waals surface area contributed by atoms with Crippen molar-refractivity contribution in [1.82, 2.24) is 15.2 Å². The quantitative estimate of drug-likeness (QED) is 0.917. The van der Waals surface area contributed by atoms with Crippen LogP contribution in [0.5, 0.6) is 5.75 Å². The van der Waals surface area contributed by atoms with Gasteiger partial charge in [0.25, 0.3) is 0 Å². The van der Waals surface area contributed by atoms with Crippen molar-refractivity contribution in [2.45, 2.75) is 51.8 Å². The van der Waals surface area contributed by atoms with E-state index in [1.807, 2.05) is 18.5 Å². The second-order valence-electron chi connectivity index (χ2n) is 6.71. The number of pyridine rings is 1. The third-order valence-corrected chi connectivity index (χ3v) is 3.63. The zero-order valence-electron chi connectivity index (χ0n) is 13.1. The molecule has 1 aliphatic heterocycles. The van der Waals surface area contributed by atoms with Crippen LogP contribution in [0, 0.1) is 0 Å². The molecule has 0 unspecified atom stereocenters. The van der Waals surface area contributed by atoms with Crippen LogP contribution in [-0.4, -0.2) is 41.7 Å². The second kappa shape index (κ2) is 6.55. The Hall–Kier alpha value is -1.13. The lowest BCUT2D eigenvalue weighted by Crippen LogP contribution is -2.37. The molecule has 0 aliphatic carbocycles. The van der Waals surface area contributed by atoms with Gasteiger partial charge in [-0.3, -0.25) is 4.98 Å². The monoisotopic (exact) mass is 277 g/mol. The van der Waals surface area contributed by atoms with Crippen LogP contribution in [0.1, 0.15) is 39.2 Å². The molecular formula is C16H27N3O. The first kappa shape index (κ1) is 15.3. The maximum absolute atomic E-state index is 6.19. The summed E-state index contributed by atoms with van der Waals surface area (Å²) in [4.78, 5) is 6.58.